The van der Waals surface area contributed by atoms with Gasteiger partial charge in [-0.2, -0.15) is 0 Å². The third kappa shape index (κ3) is 3.05. The van der Waals surface area contributed by atoms with Crippen molar-refractivity contribution in [2.45, 2.75) is 0 Å². The standard InChI is InChI=1S/C19H12ClNO2/c20-19-16(18(23)14-9-5-2-6-10-14)15(11-12-21-19)17(22)13-7-3-1-4-8-13/h1-12H. The van der Waals surface area contributed by atoms with E-state index in [0.29, 0.717) is 11.1 Å². The van der Waals surface area contributed by atoms with E-state index in [1.165, 1.54) is 12.3 Å². The number of hydrogen-bond donors (Lipinski definition) is 0. The Bertz CT molecular complexity index is 861. The molecule has 0 atom stereocenters. The fourth-order valence-electron chi connectivity index (χ4n) is 2.32. The first kappa shape index (κ1) is 15.1. The lowest BCUT2D eigenvalue weighted by Crippen LogP contribution is -2.12. The van der Waals surface area contributed by atoms with Gasteiger partial charge in [0.1, 0.15) is 5.15 Å². The SMILES string of the molecule is O=C(c1ccccc1)c1ccnc(Cl)c1C(=O)c1ccccc1. The number of pyridine rings is 1. The van der Waals surface area contributed by atoms with Crippen molar-refractivity contribution in [1.82, 2.24) is 4.98 Å². The van der Waals surface area contributed by atoms with Gasteiger partial charge in [0.15, 0.2) is 11.6 Å². The van der Waals surface area contributed by atoms with Gasteiger partial charge in [-0.15, -0.1) is 0 Å². The summed E-state index contributed by atoms with van der Waals surface area (Å²) in [4.78, 5) is 29.4. The van der Waals surface area contributed by atoms with Crippen molar-refractivity contribution in [3.63, 3.8) is 0 Å². The second-order valence-electron chi connectivity index (χ2n) is 4.91. The van der Waals surface area contributed by atoms with Gasteiger partial charge in [-0.25, -0.2) is 4.98 Å². The molecule has 1 aromatic heterocycles. The molecular weight excluding hydrogens is 310 g/mol. The van der Waals surface area contributed by atoms with Gasteiger partial charge in [-0.05, 0) is 6.07 Å². The largest absolute Gasteiger partial charge is 0.289 e. The molecule has 0 bridgehead atoms. The molecule has 0 amide bonds. The summed E-state index contributed by atoms with van der Waals surface area (Å²) in [6, 6.07) is 19.0. The smallest absolute Gasteiger partial charge is 0.196 e. The molecule has 0 aliphatic rings. The first-order valence-electron chi connectivity index (χ1n) is 7.02. The third-order valence-electron chi connectivity index (χ3n) is 3.45. The summed E-state index contributed by atoms with van der Waals surface area (Å²) in [5.74, 6) is -0.572. The van der Waals surface area contributed by atoms with Gasteiger partial charge in [0.2, 0.25) is 0 Å². The topological polar surface area (TPSA) is 47.0 Å². The van der Waals surface area contributed by atoms with Crippen molar-refractivity contribution in [2.75, 3.05) is 0 Å². The Hall–Kier alpha value is -2.78. The molecule has 4 heteroatoms. The summed E-state index contributed by atoms with van der Waals surface area (Å²) < 4.78 is 0. The number of benzene rings is 2. The minimum atomic E-state index is -0.317. The molecule has 3 aromatic rings. The minimum Gasteiger partial charge on any atom is -0.289 e. The second-order valence-corrected chi connectivity index (χ2v) is 5.27. The van der Waals surface area contributed by atoms with Gasteiger partial charge in [0, 0.05) is 22.9 Å². The Morgan fingerprint density at radius 1 is 0.739 bits per heavy atom. The Balaban J connectivity index is 2.11. The number of halogens is 1. The van der Waals surface area contributed by atoms with E-state index in [1.807, 2.05) is 12.1 Å². The fourth-order valence-corrected chi connectivity index (χ4v) is 2.56. The van der Waals surface area contributed by atoms with Crippen molar-refractivity contribution >= 4 is 23.2 Å². The average Bonchev–Trinajstić information content (AvgIpc) is 2.62. The Labute approximate surface area is 138 Å². The molecule has 3 rings (SSSR count). The molecule has 0 saturated heterocycles. The lowest BCUT2D eigenvalue weighted by molar-refractivity contribution is 0.100. The van der Waals surface area contributed by atoms with Crippen LogP contribution in [-0.4, -0.2) is 16.6 Å². The van der Waals surface area contributed by atoms with E-state index in [2.05, 4.69) is 4.98 Å². The van der Waals surface area contributed by atoms with Gasteiger partial charge >= 0.3 is 0 Å². The number of ketones is 2. The lowest BCUT2D eigenvalue weighted by Gasteiger charge is -2.09. The van der Waals surface area contributed by atoms with Crippen LogP contribution in [0, 0.1) is 0 Å². The fraction of sp³-hybridized carbons (Fsp3) is 0. The van der Waals surface area contributed by atoms with E-state index in [0.717, 1.165) is 0 Å². The molecule has 23 heavy (non-hydrogen) atoms. The minimum absolute atomic E-state index is 0.0284. The molecule has 3 nitrogen and oxygen atoms in total. The van der Waals surface area contributed by atoms with E-state index >= 15 is 0 Å². The van der Waals surface area contributed by atoms with Crippen LogP contribution >= 0.6 is 11.6 Å². The molecule has 2 aromatic carbocycles. The maximum Gasteiger partial charge on any atom is 0.196 e. The van der Waals surface area contributed by atoms with Crippen LogP contribution in [0.3, 0.4) is 0 Å². The number of rotatable bonds is 4. The zero-order valence-corrected chi connectivity index (χ0v) is 12.8. The number of carbonyl (C=O) groups excluding carboxylic acids is 2. The molecule has 0 saturated carbocycles. The maximum absolute atomic E-state index is 12.7. The molecule has 0 aliphatic heterocycles. The zero-order chi connectivity index (χ0) is 16.2. The van der Waals surface area contributed by atoms with Crippen molar-refractivity contribution in [3.8, 4) is 0 Å². The van der Waals surface area contributed by atoms with Gasteiger partial charge in [0.05, 0.1) is 5.56 Å². The van der Waals surface area contributed by atoms with Crippen LogP contribution in [0.2, 0.25) is 5.15 Å². The van der Waals surface area contributed by atoms with E-state index in [4.69, 9.17) is 11.6 Å². The summed E-state index contributed by atoms with van der Waals surface area (Å²) >= 11 is 6.12. The third-order valence-corrected chi connectivity index (χ3v) is 3.73. The number of nitrogens with zero attached hydrogens (tertiary/aromatic N) is 1. The van der Waals surface area contributed by atoms with Crippen molar-refractivity contribution in [3.05, 3.63) is 100 Å². The predicted molar refractivity (Wildman–Crippen MR) is 89.0 cm³/mol. The van der Waals surface area contributed by atoms with E-state index in [9.17, 15) is 9.59 Å². The van der Waals surface area contributed by atoms with Crippen LogP contribution < -0.4 is 0 Å². The van der Waals surface area contributed by atoms with Crippen LogP contribution in [0.4, 0.5) is 0 Å². The average molecular weight is 322 g/mol. The van der Waals surface area contributed by atoms with Gasteiger partial charge in [-0.3, -0.25) is 9.59 Å². The van der Waals surface area contributed by atoms with Crippen molar-refractivity contribution in [1.29, 1.82) is 0 Å². The highest BCUT2D eigenvalue weighted by atomic mass is 35.5. The highest BCUT2D eigenvalue weighted by molar-refractivity contribution is 6.35. The summed E-state index contributed by atoms with van der Waals surface area (Å²) in [5.41, 5.74) is 1.35. The van der Waals surface area contributed by atoms with E-state index in [-0.39, 0.29) is 27.8 Å². The summed E-state index contributed by atoms with van der Waals surface area (Å²) in [6.45, 7) is 0. The summed E-state index contributed by atoms with van der Waals surface area (Å²) in [5, 5.41) is 0.0284. The molecule has 0 fully saturated rings. The van der Waals surface area contributed by atoms with Crippen molar-refractivity contribution in [2.24, 2.45) is 0 Å². The van der Waals surface area contributed by atoms with Crippen LogP contribution in [0.1, 0.15) is 31.8 Å². The van der Waals surface area contributed by atoms with Crippen LogP contribution in [0.5, 0.6) is 0 Å². The summed E-state index contributed by atoms with van der Waals surface area (Å²) in [7, 11) is 0. The normalized spacial score (nSPS) is 10.3. The quantitative estimate of drug-likeness (QED) is 0.534. The van der Waals surface area contributed by atoms with Crippen LogP contribution in [0.25, 0.3) is 0 Å². The highest BCUT2D eigenvalue weighted by Gasteiger charge is 2.22. The van der Waals surface area contributed by atoms with Gasteiger partial charge in [0.25, 0.3) is 0 Å². The highest BCUT2D eigenvalue weighted by Crippen LogP contribution is 2.23. The Kier molecular flexibility index (Phi) is 4.31. The van der Waals surface area contributed by atoms with Crippen molar-refractivity contribution < 1.29 is 9.59 Å². The Morgan fingerprint density at radius 2 is 1.26 bits per heavy atom. The van der Waals surface area contributed by atoms with E-state index in [1.54, 1.807) is 48.5 Å². The zero-order valence-electron chi connectivity index (χ0n) is 12.1. The molecule has 0 spiro atoms. The first-order chi connectivity index (χ1) is 11.2. The van der Waals surface area contributed by atoms with E-state index < -0.39 is 0 Å². The molecule has 112 valence electrons. The monoisotopic (exact) mass is 321 g/mol. The molecule has 0 aliphatic carbocycles. The van der Waals surface area contributed by atoms with Crippen LogP contribution in [-0.2, 0) is 0 Å². The molecule has 1 heterocycles. The number of aromatic nitrogens is 1. The molecule has 0 N–H and O–H groups in total. The van der Waals surface area contributed by atoms with Gasteiger partial charge in [-0.1, -0.05) is 72.3 Å². The number of hydrogen-bond acceptors (Lipinski definition) is 3. The Morgan fingerprint density at radius 3 is 1.83 bits per heavy atom. The lowest BCUT2D eigenvalue weighted by atomic mass is 9.95. The maximum atomic E-state index is 12.7. The van der Waals surface area contributed by atoms with Gasteiger partial charge < -0.3 is 0 Å². The molecular formula is C19H12ClNO2. The molecule has 0 radical (unpaired) electrons. The second kappa shape index (κ2) is 6.55. The first-order valence-corrected chi connectivity index (χ1v) is 7.40. The summed E-state index contributed by atoms with van der Waals surface area (Å²) in [6.07, 6.45) is 1.43. The molecule has 0 unspecified atom stereocenters. The predicted octanol–water partition coefficient (Wildman–Crippen LogP) is 4.20. The number of carbonyl (C=O) groups is 2. The van der Waals surface area contributed by atoms with Crippen LogP contribution in [0.15, 0.2) is 72.9 Å².